The topological polar surface area (TPSA) is 59.3 Å². The summed E-state index contributed by atoms with van der Waals surface area (Å²) in [5.74, 6) is -1.55. The number of aromatic carboxylic acids is 1. The van der Waals surface area contributed by atoms with Crippen molar-refractivity contribution in [3.63, 3.8) is 0 Å². The Morgan fingerprint density at radius 3 is 2.53 bits per heavy atom. The zero-order valence-electron chi connectivity index (χ0n) is 10.0. The molecule has 0 saturated heterocycles. The van der Waals surface area contributed by atoms with Gasteiger partial charge < -0.3 is 9.67 Å². The first kappa shape index (κ1) is 13.0. The van der Waals surface area contributed by atoms with Crippen LogP contribution in [0.5, 0.6) is 0 Å². The van der Waals surface area contributed by atoms with Crippen LogP contribution in [0.1, 0.15) is 15.9 Å². The standard InChI is InChI=1S/C14H12FNO3/c15-11-5-3-10(4-6-11)7-9-16-8-1-2-12(13(16)17)14(18)19/h1-6,8H,7,9H2,(H,18,19). The molecular weight excluding hydrogens is 249 g/mol. The Labute approximate surface area is 108 Å². The molecule has 4 nitrogen and oxygen atoms in total. The number of pyridine rings is 1. The Hall–Kier alpha value is -2.43. The summed E-state index contributed by atoms with van der Waals surface area (Å²) in [7, 11) is 0. The monoisotopic (exact) mass is 261 g/mol. The predicted molar refractivity (Wildman–Crippen MR) is 67.8 cm³/mol. The van der Waals surface area contributed by atoms with Gasteiger partial charge >= 0.3 is 5.97 Å². The van der Waals surface area contributed by atoms with Crippen molar-refractivity contribution >= 4 is 5.97 Å². The summed E-state index contributed by atoms with van der Waals surface area (Å²) in [6, 6.07) is 8.79. The van der Waals surface area contributed by atoms with Crippen LogP contribution in [-0.4, -0.2) is 15.6 Å². The molecule has 0 spiro atoms. The van der Waals surface area contributed by atoms with Gasteiger partial charge in [0, 0.05) is 12.7 Å². The van der Waals surface area contributed by atoms with Crippen molar-refractivity contribution in [2.75, 3.05) is 0 Å². The number of carboxylic acid groups (broad SMARTS) is 1. The molecule has 98 valence electrons. The zero-order chi connectivity index (χ0) is 13.8. The third kappa shape index (κ3) is 3.07. The Bertz CT molecular complexity index is 646. The van der Waals surface area contributed by atoms with E-state index < -0.39 is 11.5 Å². The minimum absolute atomic E-state index is 0.249. The minimum atomic E-state index is -1.24. The van der Waals surface area contributed by atoms with Gasteiger partial charge in [0.25, 0.3) is 5.56 Å². The van der Waals surface area contributed by atoms with Crippen LogP contribution in [0.4, 0.5) is 4.39 Å². The summed E-state index contributed by atoms with van der Waals surface area (Å²) in [4.78, 5) is 22.6. The van der Waals surface area contributed by atoms with Gasteiger partial charge in [0.2, 0.25) is 0 Å². The van der Waals surface area contributed by atoms with Crippen LogP contribution < -0.4 is 5.56 Å². The summed E-state index contributed by atoms with van der Waals surface area (Å²) in [5.41, 5.74) is 0.104. The van der Waals surface area contributed by atoms with Crippen molar-refractivity contribution < 1.29 is 14.3 Å². The van der Waals surface area contributed by atoms with Crippen molar-refractivity contribution in [1.82, 2.24) is 4.57 Å². The van der Waals surface area contributed by atoms with E-state index in [1.54, 1.807) is 12.1 Å². The summed E-state index contributed by atoms with van der Waals surface area (Å²) < 4.78 is 14.1. The van der Waals surface area contributed by atoms with E-state index in [2.05, 4.69) is 0 Å². The van der Waals surface area contributed by atoms with Gasteiger partial charge in [-0.25, -0.2) is 9.18 Å². The fourth-order valence-electron chi connectivity index (χ4n) is 1.78. The van der Waals surface area contributed by atoms with Gasteiger partial charge in [0.1, 0.15) is 11.4 Å². The van der Waals surface area contributed by atoms with Crippen molar-refractivity contribution in [2.45, 2.75) is 13.0 Å². The molecule has 2 rings (SSSR count). The first-order valence-electron chi connectivity index (χ1n) is 5.75. The normalized spacial score (nSPS) is 10.4. The van der Waals surface area contributed by atoms with Crippen LogP contribution in [0.15, 0.2) is 47.4 Å². The van der Waals surface area contributed by atoms with Gasteiger partial charge in [-0.1, -0.05) is 12.1 Å². The van der Waals surface area contributed by atoms with Gasteiger partial charge in [-0.05, 0) is 36.2 Å². The van der Waals surface area contributed by atoms with Crippen LogP contribution in [-0.2, 0) is 13.0 Å². The predicted octanol–water partition coefficient (Wildman–Crippen LogP) is 1.93. The molecule has 0 fully saturated rings. The second-order valence-corrected chi connectivity index (χ2v) is 4.10. The lowest BCUT2D eigenvalue weighted by molar-refractivity contribution is 0.0694. The summed E-state index contributed by atoms with van der Waals surface area (Å²) in [6.45, 7) is 0.353. The average Bonchev–Trinajstić information content (AvgIpc) is 2.39. The van der Waals surface area contributed by atoms with Crippen molar-refractivity contribution in [2.24, 2.45) is 0 Å². The molecule has 0 aliphatic heterocycles. The highest BCUT2D eigenvalue weighted by molar-refractivity contribution is 5.86. The molecule has 2 aromatic rings. The third-order valence-electron chi connectivity index (χ3n) is 2.81. The van der Waals surface area contributed by atoms with E-state index in [4.69, 9.17) is 5.11 Å². The lowest BCUT2D eigenvalue weighted by Crippen LogP contribution is -2.26. The summed E-state index contributed by atoms with van der Waals surface area (Å²) in [5, 5.41) is 8.85. The molecule has 1 N–H and O–H groups in total. The molecule has 0 amide bonds. The largest absolute Gasteiger partial charge is 0.477 e. The summed E-state index contributed by atoms with van der Waals surface area (Å²) >= 11 is 0. The molecule has 0 atom stereocenters. The van der Waals surface area contributed by atoms with E-state index in [1.807, 2.05) is 0 Å². The minimum Gasteiger partial charge on any atom is -0.477 e. The highest BCUT2D eigenvalue weighted by Crippen LogP contribution is 2.04. The second kappa shape index (κ2) is 5.48. The van der Waals surface area contributed by atoms with Crippen LogP contribution >= 0.6 is 0 Å². The molecular formula is C14H12FNO3. The fourth-order valence-corrected chi connectivity index (χ4v) is 1.78. The number of halogens is 1. The van der Waals surface area contributed by atoms with Crippen molar-refractivity contribution in [3.8, 4) is 0 Å². The average molecular weight is 261 g/mol. The molecule has 5 heteroatoms. The smallest absolute Gasteiger partial charge is 0.341 e. The SMILES string of the molecule is O=C(O)c1cccn(CCc2ccc(F)cc2)c1=O. The van der Waals surface area contributed by atoms with Crippen molar-refractivity contribution in [3.05, 3.63) is 69.9 Å². The molecule has 1 heterocycles. The number of aryl methyl sites for hydroxylation is 2. The highest BCUT2D eigenvalue weighted by Gasteiger charge is 2.09. The Kier molecular flexibility index (Phi) is 3.75. The first-order chi connectivity index (χ1) is 9.08. The number of benzene rings is 1. The lowest BCUT2D eigenvalue weighted by atomic mass is 10.1. The molecule has 0 aliphatic carbocycles. The van der Waals surface area contributed by atoms with Gasteiger partial charge in [-0.2, -0.15) is 0 Å². The van der Waals surface area contributed by atoms with E-state index in [0.717, 1.165) is 5.56 Å². The van der Waals surface area contributed by atoms with E-state index in [0.29, 0.717) is 13.0 Å². The number of hydrogen-bond donors (Lipinski definition) is 1. The van der Waals surface area contributed by atoms with Crippen molar-refractivity contribution in [1.29, 1.82) is 0 Å². The number of aromatic nitrogens is 1. The second-order valence-electron chi connectivity index (χ2n) is 4.10. The maximum absolute atomic E-state index is 12.7. The first-order valence-corrected chi connectivity index (χ1v) is 5.75. The van der Waals surface area contributed by atoms with Crippen LogP contribution in [0.3, 0.4) is 0 Å². The number of hydrogen-bond acceptors (Lipinski definition) is 2. The van der Waals surface area contributed by atoms with Crippen LogP contribution in [0.2, 0.25) is 0 Å². The highest BCUT2D eigenvalue weighted by atomic mass is 19.1. The van der Waals surface area contributed by atoms with Gasteiger partial charge in [-0.15, -0.1) is 0 Å². The van der Waals surface area contributed by atoms with E-state index >= 15 is 0 Å². The third-order valence-corrected chi connectivity index (χ3v) is 2.81. The van der Waals surface area contributed by atoms with Gasteiger partial charge in [0.05, 0.1) is 0 Å². The molecule has 0 radical (unpaired) electrons. The molecule has 1 aromatic heterocycles. The quantitative estimate of drug-likeness (QED) is 0.914. The number of carboxylic acids is 1. The Balaban J connectivity index is 2.16. The number of nitrogens with zero attached hydrogens (tertiary/aromatic N) is 1. The molecule has 0 bridgehead atoms. The van der Waals surface area contributed by atoms with Crippen LogP contribution in [0, 0.1) is 5.82 Å². The molecule has 0 aliphatic rings. The van der Waals surface area contributed by atoms with Gasteiger partial charge in [0.15, 0.2) is 0 Å². The van der Waals surface area contributed by atoms with E-state index in [9.17, 15) is 14.0 Å². The van der Waals surface area contributed by atoms with E-state index in [1.165, 1.54) is 35.0 Å². The fraction of sp³-hybridized carbons (Fsp3) is 0.143. The zero-order valence-corrected chi connectivity index (χ0v) is 10.0. The molecule has 19 heavy (non-hydrogen) atoms. The maximum Gasteiger partial charge on any atom is 0.341 e. The van der Waals surface area contributed by atoms with Gasteiger partial charge in [-0.3, -0.25) is 4.79 Å². The number of rotatable bonds is 4. The Morgan fingerprint density at radius 2 is 1.89 bits per heavy atom. The molecule has 0 saturated carbocycles. The molecule has 1 aromatic carbocycles. The lowest BCUT2D eigenvalue weighted by Gasteiger charge is -2.06. The maximum atomic E-state index is 12.7. The Morgan fingerprint density at radius 1 is 1.21 bits per heavy atom. The van der Waals surface area contributed by atoms with E-state index in [-0.39, 0.29) is 11.4 Å². The van der Waals surface area contributed by atoms with Crippen LogP contribution in [0.25, 0.3) is 0 Å². The summed E-state index contributed by atoms with van der Waals surface area (Å²) in [6.07, 6.45) is 2.07. The number of carbonyl (C=O) groups is 1. The molecule has 0 unspecified atom stereocenters.